The fourth-order valence-electron chi connectivity index (χ4n) is 2.42. The molecule has 3 rings (SSSR count). The van der Waals surface area contributed by atoms with E-state index < -0.39 is 0 Å². The van der Waals surface area contributed by atoms with Crippen molar-refractivity contribution in [1.29, 1.82) is 0 Å². The molecular formula is C19H18N2O4S. The van der Waals surface area contributed by atoms with E-state index in [-0.39, 0.29) is 11.7 Å². The number of carbonyl (C=O) groups excluding carboxylic acids is 1. The van der Waals surface area contributed by atoms with Crippen molar-refractivity contribution >= 4 is 34.6 Å². The highest BCUT2D eigenvalue weighted by molar-refractivity contribution is 8.18. The van der Waals surface area contributed by atoms with Gasteiger partial charge in [-0.2, -0.15) is 0 Å². The molecule has 2 aromatic carbocycles. The fraction of sp³-hybridized carbons (Fsp3) is 0.158. The molecule has 0 atom stereocenters. The summed E-state index contributed by atoms with van der Waals surface area (Å²) in [7, 11) is 4.74. The van der Waals surface area contributed by atoms with Gasteiger partial charge in [0.05, 0.1) is 19.1 Å². The van der Waals surface area contributed by atoms with Gasteiger partial charge in [-0.25, -0.2) is 4.99 Å². The first-order valence-electron chi connectivity index (χ1n) is 7.80. The maximum absolute atomic E-state index is 12.5. The Morgan fingerprint density at radius 2 is 1.85 bits per heavy atom. The number of ether oxygens (including phenoxy) is 2. The summed E-state index contributed by atoms with van der Waals surface area (Å²) in [5, 5.41) is 10.5. The average molecular weight is 370 g/mol. The third kappa shape index (κ3) is 3.52. The smallest absolute Gasteiger partial charge is 0.266 e. The summed E-state index contributed by atoms with van der Waals surface area (Å²) in [5.74, 6) is 0.888. The molecule has 2 aromatic rings. The minimum absolute atomic E-state index is 0.0218. The number of phenols is 1. The molecule has 0 aromatic heterocycles. The fourth-order valence-corrected chi connectivity index (χ4v) is 3.40. The van der Waals surface area contributed by atoms with Crippen LogP contribution in [0.25, 0.3) is 6.08 Å². The number of hydrogen-bond donors (Lipinski definition) is 1. The predicted octanol–water partition coefficient (Wildman–Crippen LogP) is 3.64. The number of benzene rings is 2. The van der Waals surface area contributed by atoms with Gasteiger partial charge in [0.15, 0.2) is 16.7 Å². The molecule has 0 spiro atoms. The summed E-state index contributed by atoms with van der Waals surface area (Å²) in [6.07, 6.45) is 1.72. The molecule has 6 nitrogen and oxygen atoms in total. The highest BCUT2D eigenvalue weighted by atomic mass is 32.2. The molecule has 0 aliphatic carbocycles. The number of thioether (sulfide) groups is 1. The summed E-state index contributed by atoms with van der Waals surface area (Å²) >= 11 is 1.27. The number of likely N-dealkylation sites (N-methyl/N-ethyl adjacent to an activating group) is 1. The van der Waals surface area contributed by atoms with Crippen molar-refractivity contribution in [3.8, 4) is 17.2 Å². The van der Waals surface area contributed by atoms with Crippen LogP contribution in [0.15, 0.2) is 52.4 Å². The van der Waals surface area contributed by atoms with Crippen molar-refractivity contribution in [3.05, 3.63) is 52.9 Å². The van der Waals surface area contributed by atoms with Crippen LogP contribution >= 0.6 is 11.8 Å². The normalized spacial score (nSPS) is 17.2. The predicted molar refractivity (Wildman–Crippen MR) is 103 cm³/mol. The van der Waals surface area contributed by atoms with Gasteiger partial charge in [-0.05, 0) is 47.7 Å². The molecule has 1 N–H and O–H groups in total. The van der Waals surface area contributed by atoms with Gasteiger partial charge in [0.2, 0.25) is 0 Å². The summed E-state index contributed by atoms with van der Waals surface area (Å²) in [6.45, 7) is 0. The molecule has 7 heteroatoms. The lowest BCUT2D eigenvalue weighted by molar-refractivity contribution is -0.121. The highest BCUT2D eigenvalue weighted by Crippen LogP contribution is 2.36. The van der Waals surface area contributed by atoms with Crippen molar-refractivity contribution in [1.82, 2.24) is 4.90 Å². The first-order valence-corrected chi connectivity index (χ1v) is 8.61. The quantitative estimate of drug-likeness (QED) is 0.832. The Labute approximate surface area is 155 Å². The topological polar surface area (TPSA) is 71.4 Å². The van der Waals surface area contributed by atoms with Crippen LogP contribution < -0.4 is 9.47 Å². The standard InChI is InChI=1S/C19H18N2O4S/c1-21-18(23)17(11-12-8-9-16(25-3)14(22)10-12)26-19(21)20-13-6-4-5-7-15(13)24-2/h4-11,22H,1-3H3/b17-11-,20-19?. The van der Waals surface area contributed by atoms with Gasteiger partial charge >= 0.3 is 0 Å². The second kappa shape index (κ2) is 7.53. The molecule has 0 saturated carbocycles. The molecule has 1 fully saturated rings. The Morgan fingerprint density at radius 3 is 2.54 bits per heavy atom. The summed E-state index contributed by atoms with van der Waals surface area (Å²) in [4.78, 5) is 19.1. The minimum atomic E-state index is -0.154. The van der Waals surface area contributed by atoms with Crippen LogP contribution in [0.3, 0.4) is 0 Å². The van der Waals surface area contributed by atoms with E-state index in [2.05, 4.69) is 4.99 Å². The Morgan fingerprint density at radius 1 is 1.12 bits per heavy atom. The zero-order valence-electron chi connectivity index (χ0n) is 14.6. The molecular weight excluding hydrogens is 352 g/mol. The molecule has 0 bridgehead atoms. The molecule has 134 valence electrons. The monoisotopic (exact) mass is 370 g/mol. The summed E-state index contributed by atoms with van der Waals surface area (Å²) in [6, 6.07) is 12.3. The van der Waals surface area contributed by atoms with Gasteiger partial charge in [-0.3, -0.25) is 9.69 Å². The summed E-state index contributed by atoms with van der Waals surface area (Å²) in [5.41, 5.74) is 1.35. The Hall–Kier alpha value is -2.93. The van der Waals surface area contributed by atoms with Crippen LogP contribution in [0.4, 0.5) is 5.69 Å². The van der Waals surface area contributed by atoms with Crippen molar-refractivity contribution in [3.63, 3.8) is 0 Å². The third-order valence-electron chi connectivity index (χ3n) is 3.81. The van der Waals surface area contributed by atoms with Crippen molar-refractivity contribution < 1.29 is 19.4 Å². The van der Waals surface area contributed by atoms with Crippen LogP contribution in [0.1, 0.15) is 5.56 Å². The van der Waals surface area contributed by atoms with E-state index in [0.717, 1.165) is 0 Å². The zero-order chi connectivity index (χ0) is 18.7. The number of aromatic hydroxyl groups is 1. The number of rotatable bonds is 4. The van der Waals surface area contributed by atoms with E-state index in [1.165, 1.54) is 23.8 Å². The zero-order valence-corrected chi connectivity index (χ0v) is 15.4. The van der Waals surface area contributed by atoms with E-state index in [1.54, 1.807) is 38.4 Å². The van der Waals surface area contributed by atoms with Crippen LogP contribution in [-0.4, -0.2) is 42.3 Å². The number of amides is 1. The van der Waals surface area contributed by atoms with Gasteiger partial charge in [0.25, 0.3) is 5.91 Å². The largest absolute Gasteiger partial charge is 0.504 e. The molecule has 0 radical (unpaired) electrons. The van der Waals surface area contributed by atoms with Gasteiger partial charge in [0, 0.05) is 7.05 Å². The Bertz CT molecular complexity index is 908. The van der Waals surface area contributed by atoms with Crippen molar-refractivity contribution in [2.45, 2.75) is 0 Å². The number of phenolic OH excluding ortho intramolecular Hbond substituents is 1. The Kier molecular flexibility index (Phi) is 5.18. The number of nitrogens with zero attached hydrogens (tertiary/aromatic N) is 2. The van der Waals surface area contributed by atoms with E-state index in [4.69, 9.17) is 9.47 Å². The first-order chi connectivity index (χ1) is 12.5. The molecule has 26 heavy (non-hydrogen) atoms. The SMILES string of the molecule is COc1ccc(/C=C2\SC(=Nc3ccccc3OC)N(C)C2=O)cc1O. The molecule has 1 aliphatic rings. The lowest BCUT2D eigenvalue weighted by Gasteiger charge is -2.09. The third-order valence-corrected chi connectivity index (χ3v) is 4.87. The number of para-hydroxylation sites is 2. The molecule has 1 heterocycles. The van der Waals surface area contributed by atoms with Crippen LogP contribution in [-0.2, 0) is 4.79 Å². The molecule has 1 saturated heterocycles. The minimum Gasteiger partial charge on any atom is -0.504 e. The molecule has 0 unspecified atom stereocenters. The average Bonchev–Trinajstić information content (AvgIpc) is 2.90. The van der Waals surface area contributed by atoms with E-state index >= 15 is 0 Å². The number of carbonyl (C=O) groups is 1. The number of methoxy groups -OCH3 is 2. The maximum atomic E-state index is 12.5. The number of hydrogen-bond acceptors (Lipinski definition) is 6. The summed E-state index contributed by atoms with van der Waals surface area (Å²) < 4.78 is 10.3. The van der Waals surface area contributed by atoms with Crippen LogP contribution in [0.5, 0.6) is 17.2 Å². The van der Waals surface area contributed by atoms with Gasteiger partial charge < -0.3 is 14.6 Å². The lowest BCUT2D eigenvalue weighted by atomic mass is 10.2. The maximum Gasteiger partial charge on any atom is 0.266 e. The van der Waals surface area contributed by atoms with E-state index in [0.29, 0.717) is 32.8 Å². The molecule has 1 amide bonds. The number of amidine groups is 1. The van der Waals surface area contributed by atoms with E-state index in [9.17, 15) is 9.90 Å². The first kappa shape index (κ1) is 17.9. The van der Waals surface area contributed by atoms with Crippen LogP contribution in [0, 0.1) is 0 Å². The molecule has 1 aliphatic heterocycles. The van der Waals surface area contributed by atoms with Crippen molar-refractivity contribution in [2.75, 3.05) is 21.3 Å². The van der Waals surface area contributed by atoms with Gasteiger partial charge in [-0.1, -0.05) is 18.2 Å². The van der Waals surface area contributed by atoms with Gasteiger partial charge in [0.1, 0.15) is 11.4 Å². The number of aliphatic imine (C=N–C) groups is 1. The highest BCUT2D eigenvalue weighted by Gasteiger charge is 2.30. The van der Waals surface area contributed by atoms with Crippen molar-refractivity contribution in [2.24, 2.45) is 4.99 Å². The second-order valence-electron chi connectivity index (χ2n) is 5.47. The van der Waals surface area contributed by atoms with Gasteiger partial charge in [-0.15, -0.1) is 0 Å². The van der Waals surface area contributed by atoms with E-state index in [1.807, 2.05) is 24.3 Å². The Balaban J connectivity index is 1.91. The van der Waals surface area contributed by atoms with Crippen LogP contribution in [0.2, 0.25) is 0 Å². The lowest BCUT2D eigenvalue weighted by Crippen LogP contribution is -2.23. The second-order valence-corrected chi connectivity index (χ2v) is 6.48.